The molecule has 0 aromatic carbocycles. The van der Waals surface area contributed by atoms with E-state index in [4.69, 9.17) is 0 Å². The Morgan fingerprint density at radius 3 is 2.64 bits per heavy atom. The van der Waals surface area contributed by atoms with Gasteiger partial charge in [0, 0.05) is 29.5 Å². The Morgan fingerprint density at radius 2 is 2.07 bits per heavy atom. The van der Waals surface area contributed by atoms with Gasteiger partial charge in [-0.3, -0.25) is 4.98 Å². The molecule has 0 unspecified atom stereocenters. The molecule has 2 nitrogen and oxygen atoms in total. The lowest BCUT2D eigenvalue weighted by Gasteiger charge is -2.14. The van der Waals surface area contributed by atoms with Crippen molar-refractivity contribution in [3.63, 3.8) is 0 Å². The summed E-state index contributed by atoms with van der Waals surface area (Å²) in [5.41, 5.74) is 1.23. The lowest BCUT2D eigenvalue weighted by molar-refractivity contribution is 0.483. The van der Waals surface area contributed by atoms with Crippen molar-refractivity contribution in [2.75, 3.05) is 0 Å². The minimum atomic E-state index is 0.619. The van der Waals surface area contributed by atoms with Gasteiger partial charge in [-0.25, -0.2) is 0 Å². The van der Waals surface area contributed by atoms with Crippen LogP contribution in [0.2, 0.25) is 0 Å². The maximum absolute atomic E-state index is 4.13. The summed E-state index contributed by atoms with van der Waals surface area (Å²) in [4.78, 5) is 4.13. The summed E-state index contributed by atoms with van der Waals surface area (Å²) in [6.45, 7) is 5.32. The second-order valence-corrected chi connectivity index (χ2v) is 4.32. The van der Waals surface area contributed by atoms with E-state index in [0.717, 1.165) is 11.0 Å². The van der Waals surface area contributed by atoms with Gasteiger partial charge in [0.1, 0.15) is 0 Å². The molecule has 1 aromatic heterocycles. The fraction of sp³-hybridized carbons (Fsp3) is 0.545. The fourth-order valence-corrected chi connectivity index (χ4v) is 1.80. The van der Waals surface area contributed by atoms with Gasteiger partial charge >= 0.3 is 0 Å². The second-order valence-electron chi connectivity index (χ2n) is 3.41. The topological polar surface area (TPSA) is 24.9 Å². The first-order chi connectivity index (χ1) is 6.76. The molecule has 0 aliphatic carbocycles. The van der Waals surface area contributed by atoms with Crippen LogP contribution in [0.5, 0.6) is 0 Å². The summed E-state index contributed by atoms with van der Waals surface area (Å²) in [6, 6.07) is 2.72. The molecule has 14 heavy (non-hydrogen) atoms. The van der Waals surface area contributed by atoms with E-state index >= 15 is 0 Å². The Bertz CT molecular complexity index is 272. The standard InChI is InChI=1S/C11H17BrN2/c1-3-11(4-2)14-7-9-5-10(12)8-13-6-9/h5-6,8,11,14H,3-4,7H2,1-2H3. The van der Waals surface area contributed by atoms with Gasteiger partial charge in [0.2, 0.25) is 0 Å². The fourth-order valence-electron chi connectivity index (χ4n) is 1.39. The minimum Gasteiger partial charge on any atom is -0.310 e. The molecule has 0 amide bonds. The molecule has 1 heterocycles. The first-order valence-corrected chi connectivity index (χ1v) is 5.88. The van der Waals surface area contributed by atoms with E-state index < -0.39 is 0 Å². The van der Waals surface area contributed by atoms with Crippen LogP contribution in [0, 0.1) is 0 Å². The Kier molecular flexibility index (Phi) is 5.12. The van der Waals surface area contributed by atoms with Gasteiger partial charge < -0.3 is 5.32 Å². The second kappa shape index (κ2) is 6.14. The molecular formula is C11H17BrN2. The van der Waals surface area contributed by atoms with Crippen molar-refractivity contribution < 1.29 is 0 Å². The Hall–Kier alpha value is -0.410. The van der Waals surface area contributed by atoms with Crippen LogP contribution in [-0.2, 0) is 6.54 Å². The van der Waals surface area contributed by atoms with Gasteiger partial charge in [-0.1, -0.05) is 13.8 Å². The van der Waals surface area contributed by atoms with E-state index in [1.165, 1.54) is 18.4 Å². The van der Waals surface area contributed by atoms with Gasteiger partial charge in [-0.05, 0) is 40.4 Å². The van der Waals surface area contributed by atoms with Crippen LogP contribution in [0.3, 0.4) is 0 Å². The van der Waals surface area contributed by atoms with Crippen LogP contribution < -0.4 is 5.32 Å². The smallest absolute Gasteiger partial charge is 0.0410 e. The highest BCUT2D eigenvalue weighted by Crippen LogP contribution is 2.09. The molecule has 0 aliphatic rings. The zero-order valence-electron chi connectivity index (χ0n) is 8.76. The number of aromatic nitrogens is 1. The lowest BCUT2D eigenvalue weighted by atomic mass is 10.1. The van der Waals surface area contributed by atoms with Gasteiger partial charge in [-0.2, -0.15) is 0 Å². The predicted octanol–water partition coefficient (Wildman–Crippen LogP) is 3.12. The number of hydrogen-bond acceptors (Lipinski definition) is 2. The largest absolute Gasteiger partial charge is 0.310 e. The summed E-state index contributed by atoms with van der Waals surface area (Å²) in [6.07, 6.45) is 6.07. The third-order valence-corrected chi connectivity index (χ3v) is 2.78. The molecule has 0 radical (unpaired) electrons. The van der Waals surface area contributed by atoms with Gasteiger partial charge in [0.15, 0.2) is 0 Å². The average Bonchev–Trinajstić information content (AvgIpc) is 2.19. The quantitative estimate of drug-likeness (QED) is 0.876. The molecule has 1 N–H and O–H groups in total. The number of halogens is 1. The van der Waals surface area contributed by atoms with Crippen LogP contribution >= 0.6 is 15.9 Å². The van der Waals surface area contributed by atoms with Crippen molar-refractivity contribution in [2.45, 2.75) is 39.3 Å². The Labute approximate surface area is 94.3 Å². The highest BCUT2D eigenvalue weighted by Gasteiger charge is 2.02. The van der Waals surface area contributed by atoms with Crippen LogP contribution in [0.25, 0.3) is 0 Å². The van der Waals surface area contributed by atoms with Crippen molar-refractivity contribution >= 4 is 15.9 Å². The van der Waals surface area contributed by atoms with Crippen LogP contribution in [-0.4, -0.2) is 11.0 Å². The molecule has 0 aliphatic heterocycles. The molecule has 0 saturated carbocycles. The van der Waals surface area contributed by atoms with E-state index in [2.05, 4.69) is 46.1 Å². The van der Waals surface area contributed by atoms with Crippen LogP contribution in [0.4, 0.5) is 0 Å². The molecule has 78 valence electrons. The molecular weight excluding hydrogens is 240 g/mol. The first kappa shape index (κ1) is 11.7. The number of hydrogen-bond donors (Lipinski definition) is 1. The van der Waals surface area contributed by atoms with E-state index in [0.29, 0.717) is 6.04 Å². The van der Waals surface area contributed by atoms with Crippen molar-refractivity contribution in [3.05, 3.63) is 28.5 Å². The van der Waals surface area contributed by atoms with E-state index in [1.807, 2.05) is 6.20 Å². The lowest BCUT2D eigenvalue weighted by Crippen LogP contribution is -2.26. The highest BCUT2D eigenvalue weighted by atomic mass is 79.9. The summed E-state index contributed by atoms with van der Waals surface area (Å²) in [7, 11) is 0. The van der Waals surface area contributed by atoms with E-state index in [9.17, 15) is 0 Å². The van der Waals surface area contributed by atoms with E-state index in [-0.39, 0.29) is 0 Å². The average molecular weight is 257 g/mol. The van der Waals surface area contributed by atoms with E-state index in [1.54, 1.807) is 6.20 Å². The Balaban J connectivity index is 2.44. The number of pyridine rings is 1. The zero-order valence-corrected chi connectivity index (χ0v) is 10.3. The molecule has 1 rings (SSSR count). The van der Waals surface area contributed by atoms with Gasteiger partial charge in [0.05, 0.1) is 0 Å². The molecule has 0 atom stereocenters. The summed E-state index contributed by atoms with van der Waals surface area (Å²) < 4.78 is 1.04. The molecule has 3 heteroatoms. The number of nitrogens with one attached hydrogen (secondary N) is 1. The first-order valence-electron chi connectivity index (χ1n) is 5.09. The SMILES string of the molecule is CCC(CC)NCc1cncc(Br)c1. The normalized spacial score (nSPS) is 10.9. The summed E-state index contributed by atoms with van der Waals surface area (Å²) >= 11 is 3.41. The molecule has 0 bridgehead atoms. The van der Waals surface area contributed by atoms with Gasteiger partial charge in [-0.15, -0.1) is 0 Å². The minimum absolute atomic E-state index is 0.619. The highest BCUT2D eigenvalue weighted by molar-refractivity contribution is 9.10. The van der Waals surface area contributed by atoms with Crippen LogP contribution in [0.1, 0.15) is 32.3 Å². The Morgan fingerprint density at radius 1 is 1.36 bits per heavy atom. The molecule has 0 saturated heterocycles. The van der Waals surface area contributed by atoms with Crippen molar-refractivity contribution in [3.8, 4) is 0 Å². The monoisotopic (exact) mass is 256 g/mol. The van der Waals surface area contributed by atoms with Gasteiger partial charge in [0.25, 0.3) is 0 Å². The molecule has 1 aromatic rings. The molecule has 0 spiro atoms. The third-order valence-electron chi connectivity index (χ3n) is 2.34. The van der Waals surface area contributed by atoms with Crippen molar-refractivity contribution in [1.29, 1.82) is 0 Å². The maximum atomic E-state index is 4.13. The summed E-state index contributed by atoms with van der Waals surface area (Å²) in [5, 5.41) is 3.50. The molecule has 0 fully saturated rings. The maximum Gasteiger partial charge on any atom is 0.0410 e. The number of nitrogens with zero attached hydrogens (tertiary/aromatic N) is 1. The third kappa shape index (κ3) is 3.76. The predicted molar refractivity (Wildman–Crippen MR) is 63.1 cm³/mol. The van der Waals surface area contributed by atoms with Crippen LogP contribution in [0.15, 0.2) is 22.9 Å². The summed E-state index contributed by atoms with van der Waals surface area (Å²) in [5.74, 6) is 0. The van der Waals surface area contributed by atoms with Crippen molar-refractivity contribution in [1.82, 2.24) is 10.3 Å². The number of rotatable bonds is 5. The zero-order chi connectivity index (χ0) is 10.4. The van der Waals surface area contributed by atoms with Crippen molar-refractivity contribution in [2.24, 2.45) is 0 Å².